The van der Waals surface area contributed by atoms with E-state index >= 15 is 0 Å². The van der Waals surface area contributed by atoms with Crippen molar-refractivity contribution in [2.24, 2.45) is 0 Å². The summed E-state index contributed by atoms with van der Waals surface area (Å²) in [7, 11) is 1.37. The molecule has 0 saturated carbocycles. The van der Waals surface area contributed by atoms with Gasteiger partial charge in [-0.25, -0.2) is 9.78 Å². The molecule has 2 aromatic heterocycles. The second kappa shape index (κ2) is 7.56. The molecule has 1 unspecified atom stereocenters. The lowest BCUT2D eigenvalue weighted by Crippen LogP contribution is -2.27. The molecule has 0 amide bonds. The van der Waals surface area contributed by atoms with Crippen LogP contribution in [0.15, 0.2) is 48.8 Å². The van der Waals surface area contributed by atoms with Crippen LogP contribution in [0.25, 0.3) is 28.0 Å². The van der Waals surface area contributed by atoms with Crippen molar-refractivity contribution < 1.29 is 9.53 Å². The number of fused-ring (bicyclic) bond motifs is 1. The molecule has 148 valence electrons. The number of nitrogens with zero attached hydrogens (tertiary/aromatic N) is 2. The van der Waals surface area contributed by atoms with Gasteiger partial charge in [0.1, 0.15) is 11.9 Å². The van der Waals surface area contributed by atoms with Crippen molar-refractivity contribution in [3.8, 4) is 16.9 Å². The molecule has 3 N–H and O–H groups in total. The topological polar surface area (TPSA) is 87.7 Å². The third kappa shape index (κ3) is 3.54. The molecule has 7 nitrogen and oxygen atoms in total. The second-order valence-electron chi connectivity index (χ2n) is 6.85. The van der Waals surface area contributed by atoms with Gasteiger partial charge in [0.2, 0.25) is 0 Å². The molecule has 4 rings (SSSR count). The number of aryl methyl sites for hydroxylation is 1. The van der Waals surface area contributed by atoms with E-state index in [1.54, 1.807) is 13.3 Å². The van der Waals surface area contributed by atoms with Crippen molar-refractivity contribution in [2.45, 2.75) is 19.9 Å². The van der Waals surface area contributed by atoms with Crippen molar-refractivity contribution in [3.63, 3.8) is 0 Å². The minimum Gasteiger partial charge on any atom is -0.467 e. The van der Waals surface area contributed by atoms with E-state index in [0.29, 0.717) is 10.6 Å². The summed E-state index contributed by atoms with van der Waals surface area (Å²) >= 11 is 5.64. The largest absolute Gasteiger partial charge is 0.467 e. The molecule has 0 bridgehead atoms. The molecule has 2 heterocycles. The van der Waals surface area contributed by atoms with Crippen LogP contribution in [0.3, 0.4) is 0 Å². The number of aromatic nitrogens is 4. The highest BCUT2D eigenvalue weighted by Crippen LogP contribution is 2.32. The fourth-order valence-electron chi connectivity index (χ4n) is 3.29. The Hall–Kier alpha value is -3.39. The van der Waals surface area contributed by atoms with Crippen LogP contribution in [0.2, 0.25) is 0 Å². The quantitative estimate of drug-likeness (QED) is 0.338. The van der Waals surface area contributed by atoms with Gasteiger partial charge in [0.05, 0.1) is 35.9 Å². The van der Waals surface area contributed by atoms with Crippen LogP contribution in [0.4, 0.5) is 5.82 Å². The molecule has 0 fully saturated rings. The average Bonchev–Trinajstić information content (AvgIpc) is 3.31. The van der Waals surface area contributed by atoms with Gasteiger partial charge in [-0.05, 0) is 44.3 Å². The summed E-state index contributed by atoms with van der Waals surface area (Å²) < 4.78 is 7.31. The van der Waals surface area contributed by atoms with Crippen LogP contribution in [-0.2, 0) is 9.53 Å². The van der Waals surface area contributed by atoms with E-state index in [1.165, 1.54) is 7.11 Å². The number of benzene rings is 2. The number of carbonyl (C=O) groups is 1. The summed E-state index contributed by atoms with van der Waals surface area (Å²) in [6.45, 7) is 3.79. The van der Waals surface area contributed by atoms with Crippen LogP contribution < -0.4 is 5.32 Å². The Balaban J connectivity index is 1.91. The zero-order valence-electron chi connectivity index (χ0n) is 16.3. The number of hydrogen-bond donors (Lipinski definition) is 3. The fraction of sp³-hybridized carbons (Fsp3) is 0.190. The first kappa shape index (κ1) is 18.9. The van der Waals surface area contributed by atoms with Crippen LogP contribution in [0.1, 0.15) is 12.5 Å². The predicted molar refractivity (Wildman–Crippen MR) is 116 cm³/mol. The zero-order valence-corrected chi connectivity index (χ0v) is 17.1. The summed E-state index contributed by atoms with van der Waals surface area (Å²) in [4.78, 5) is 22.6. The lowest BCUT2D eigenvalue weighted by Gasteiger charge is -2.15. The number of hydrogen-bond acceptors (Lipinski definition) is 5. The van der Waals surface area contributed by atoms with Gasteiger partial charge in [0.25, 0.3) is 0 Å². The van der Waals surface area contributed by atoms with Crippen molar-refractivity contribution >= 4 is 35.0 Å². The number of nitrogens with one attached hydrogen (secondary N) is 3. The second-order valence-corrected chi connectivity index (χ2v) is 7.24. The van der Waals surface area contributed by atoms with Crippen LogP contribution >= 0.6 is 12.2 Å². The third-order valence-corrected chi connectivity index (χ3v) is 5.08. The normalized spacial score (nSPS) is 12.1. The van der Waals surface area contributed by atoms with Gasteiger partial charge in [0, 0.05) is 5.56 Å². The molecule has 0 saturated heterocycles. The Labute approximate surface area is 172 Å². The fourth-order valence-corrected chi connectivity index (χ4v) is 3.58. The van der Waals surface area contributed by atoms with Crippen molar-refractivity contribution in [1.29, 1.82) is 0 Å². The number of anilines is 1. The monoisotopic (exact) mass is 407 g/mol. The maximum Gasteiger partial charge on any atom is 0.328 e. The summed E-state index contributed by atoms with van der Waals surface area (Å²) in [5.41, 5.74) is 5.64. The van der Waals surface area contributed by atoms with Gasteiger partial charge in [-0.1, -0.05) is 29.8 Å². The van der Waals surface area contributed by atoms with E-state index in [9.17, 15) is 4.79 Å². The highest BCUT2D eigenvalue weighted by atomic mass is 32.1. The van der Waals surface area contributed by atoms with E-state index in [-0.39, 0.29) is 5.97 Å². The van der Waals surface area contributed by atoms with Crippen LogP contribution in [-0.4, -0.2) is 38.6 Å². The molecule has 29 heavy (non-hydrogen) atoms. The molecular weight excluding hydrogens is 386 g/mol. The third-order valence-electron chi connectivity index (χ3n) is 4.80. The Morgan fingerprint density at radius 2 is 2.00 bits per heavy atom. The maximum atomic E-state index is 11.9. The highest BCUT2D eigenvalue weighted by Gasteiger charge is 2.20. The van der Waals surface area contributed by atoms with Gasteiger partial charge >= 0.3 is 5.97 Å². The Bertz CT molecular complexity index is 1240. The van der Waals surface area contributed by atoms with Gasteiger partial charge in [-0.3, -0.25) is 4.57 Å². The van der Waals surface area contributed by atoms with Gasteiger partial charge in [-0.15, -0.1) is 0 Å². The molecule has 4 aromatic rings. The summed E-state index contributed by atoms with van der Waals surface area (Å²) in [5.74, 6) is 0.298. The number of carbonyl (C=O) groups excluding carboxylic acids is 1. The predicted octanol–water partition coefficient (Wildman–Crippen LogP) is 4.36. The first-order valence-electron chi connectivity index (χ1n) is 9.18. The minimum atomic E-state index is -0.541. The van der Waals surface area contributed by atoms with Gasteiger partial charge in [-0.2, -0.15) is 0 Å². The van der Waals surface area contributed by atoms with Crippen molar-refractivity contribution in [1.82, 2.24) is 19.5 Å². The van der Waals surface area contributed by atoms with E-state index < -0.39 is 6.04 Å². The first-order chi connectivity index (χ1) is 14.0. The molecule has 1 atom stereocenters. The van der Waals surface area contributed by atoms with Crippen LogP contribution in [0, 0.1) is 11.7 Å². The number of H-pyrrole nitrogens is 2. The molecular formula is C21H21N5O2S. The molecule has 8 heteroatoms. The maximum absolute atomic E-state index is 11.9. The van der Waals surface area contributed by atoms with Gasteiger partial charge < -0.3 is 20.0 Å². The number of aromatic amines is 2. The van der Waals surface area contributed by atoms with Crippen molar-refractivity contribution in [3.05, 3.63) is 59.1 Å². The van der Waals surface area contributed by atoms with Crippen LogP contribution in [0.5, 0.6) is 0 Å². The molecule has 0 aliphatic rings. The van der Waals surface area contributed by atoms with E-state index in [2.05, 4.69) is 20.3 Å². The number of imidazole rings is 2. The SMILES string of the molecule is COC(=O)C(C)Nc1[nH]c(=S)n(-c2ccc3nc[nH]c3c2)c1-c1ccc(C)cc1. The number of esters is 1. The zero-order chi connectivity index (χ0) is 20.5. The molecule has 0 aliphatic carbocycles. The Morgan fingerprint density at radius 3 is 2.72 bits per heavy atom. The number of ether oxygens (including phenoxy) is 1. The molecule has 0 radical (unpaired) electrons. The standard InChI is InChI=1S/C21H21N5O2S/c1-12-4-6-14(7-5-12)18-19(24-13(2)20(27)28-3)25-21(29)26(18)15-8-9-16-17(10-15)23-11-22-16/h4-11,13,24H,1-3H3,(H,22,23)(H,25,29). The van der Waals surface area contributed by atoms with E-state index in [1.807, 2.05) is 54.0 Å². The lowest BCUT2D eigenvalue weighted by molar-refractivity contribution is -0.141. The smallest absolute Gasteiger partial charge is 0.328 e. The minimum absolute atomic E-state index is 0.356. The lowest BCUT2D eigenvalue weighted by atomic mass is 10.1. The molecule has 0 spiro atoms. The van der Waals surface area contributed by atoms with Gasteiger partial charge in [0.15, 0.2) is 4.77 Å². The Kier molecular flexibility index (Phi) is 4.94. The molecule has 2 aromatic carbocycles. The number of rotatable bonds is 5. The average molecular weight is 407 g/mol. The summed E-state index contributed by atoms with van der Waals surface area (Å²) in [6, 6.07) is 13.5. The van der Waals surface area contributed by atoms with E-state index in [0.717, 1.165) is 33.5 Å². The number of methoxy groups -OCH3 is 1. The van der Waals surface area contributed by atoms with Crippen molar-refractivity contribution in [2.75, 3.05) is 12.4 Å². The van der Waals surface area contributed by atoms with E-state index in [4.69, 9.17) is 17.0 Å². The summed E-state index contributed by atoms with van der Waals surface area (Å²) in [5, 5.41) is 3.20. The highest BCUT2D eigenvalue weighted by molar-refractivity contribution is 7.71. The Morgan fingerprint density at radius 1 is 1.24 bits per heavy atom. The first-order valence-corrected chi connectivity index (χ1v) is 9.58. The summed E-state index contributed by atoms with van der Waals surface area (Å²) in [6.07, 6.45) is 1.66. The molecule has 0 aliphatic heterocycles.